The molecule has 1 amide bonds. The molecule has 0 heterocycles. The molecule has 0 fully saturated rings. The van der Waals surface area contributed by atoms with Gasteiger partial charge in [0.15, 0.2) is 5.78 Å². The predicted octanol–water partition coefficient (Wildman–Crippen LogP) is 5.46. The number of carboxylic acid groups (broad SMARTS) is 1. The van der Waals surface area contributed by atoms with Crippen LogP contribution in [-0.4, -0.2) is 34.8 Å². The Morgan fingerprint density at radius 1 is 0.857 bits per heavy atom. The minimum atomic E-state index is -1.14. The number of anilines is 1. The van der Waals surface area contributed by atoms with Crippen LogP contribution in [0.5, 0.6) is 0 Å². The first-order valence-corrected chi connectivity index (χ1v) is 11.8. The highest BCUT2D eigenvalue weighted by molar-refractivity contribution is 6.30. The quantitative estimate of drug-likeness (QED) is 0.327. The molecule has 3 N–H and O–H groups in total. The Morgan fingerprint density at radius 2 is 1.43 bits per heavy atom. The van der Waals surface area contributed by atoms with Gasteiger partial charge >= 0.3 is 5.97 Å². The molecule has 0 radical (unpaired) electrons. The molecule has 35 heavy (non-hydrogen) atoms. The SMILES string of the molecule is CCC(Nc1c(C)cccc1C)C(=O)c1ccc(C[C@H](NC(=O)c2ccc(Cl)cc2)C(=O)O)cc1. The molecule has 0 aromatic heterocycles. The molecule has 6 nitrogen and oxygen atoms in total. The number of hydrogen-bond acceptors (Lipinski definition) is 4. The fourth-order valence-corrected chi connectivity index (χ4v) is 3.98. The molecule has 0 spiro atoms. The van der Waals surface area contributed by atoms with Gasteiger partial charge in [0.25, 0.3) is 5.91 Å². The van der Waals surface area contributed by atoms with E-state index in [-0.39, 0.29) is 18.2 Å². The fraction of sp³-hybridized carbons (Fsp3) is 0.250. The van der Waals surface area contributed by atoms with E-state index in [1.54, 1.807) is 36.4 Å². The molecule has 3 aromatic rings. The minimum Gasteiger partial charge on any atom is -0.480 e. The highest BCUT2D eigenvalue weighted by Gasteiger charge is 2.23. The van der Waals surface area contributed by atoms with E-state index in [0.717, 1.165) is 16.8 Å². The zero-order chi connectivity index (χ0) is 25.5. The molecule has 3 rings (SSSR count). The van der Waals surface area contributed by atoms with E-state index in [1.807, 2.05) is 39.0 Å². The van der Waals surface area contributed by atoms with Gasteiger partial charge in [0.1, 0.15) is 6.04 Å². The van der Waals surface area contributed by atoms with Crippen molar-refractivity contribution in [2.24, 2.45) is 0 Å². The highest BCUT2D eigenvalue weighted by Crippen LogP contribution is 2.22. The van der Waals surface area contributed by atoms with Gasteiger partial charge in [0, 0.05) is 28.3 Å². The summed E-state index contributed by atoms with van der Waals surface area (Å²) < 4.78 is 0. The third kappa shape index (κ3) is 6.70. The number of amides is 1. The molecule has 7 heteroatoms. The Bertz CT molecular complexity index is 1190. The number of aryl methyl sites for hydroxylation is 2. The maximum absolute atomic E-state index is 13.1. The first-order valence-electron chi connectivity index (χ1n) is 11.4. The molecule has 0 aliphatic heterocycles. The lowest BCUT2D eigenvalue weighted by atomic mass is 9.97. The summed E-state index contributed by atoms with van der Waals surface area (Å²) in [5, 5.41) is 16.0. The molecule has 182 valence electrons. The van der Waals surface area contributed by atoms with Crippen molar-refractivity contribution in [3.63, 3.8) is 0 Å². The number of carbonyl (C=O) groups excluding carboxylic acids is 2. The van der Waals surface area contributed by atoms with Gasteiger partial charge in [-0.25, -0.2) is 4.79 Å². The van der Waals surface area contributed by atoms with Crippen molar-refractivity contribution >= 4 is 34.9 Å². The lowest BCUT2D eigenvalue weighted by Gasteiger charge is -2.21. The Morgan fingerprint density at radius 3 is 1.97 bits per heavy atom. The molecular weight excluding hydrogens is 464 g/mol. The number of benzene rings is 3. The molecule has 0 saturated heterocycles. The van der Waals surface area contributed by atoms with Crippen molar-refractivity contribution in [2.45, 2.75) is 45.7 Å². The van der Waals surface area contributed by atoms with E-state index in [9.17, 15) is 19.5 Å². The van der Waals surface area contributed by atoms with E-state index < -0.39 is 17.9 Å². The van der Waals surface area contributed by atoms with E-state index in [2.05, 4.69) is 10.6 Å². The third-order valence-corrected chi connectivity index (χ3v) is 6.16. The van der Waals surface area contributed by atoms with Crippen LogP contribution >= 0.6 is 11.6 Å². The number of aliphatic carboxylic acids is 1. The second-order valence-electron chi connectivity index (χ2n) is 8.51. The summed E-state index contributed by atoms with van der Waals surface area (Å²) in [5.74, 6) is -1.67. The summed E-state index contributed by atoms with van der Waals surface area (Å²) >= 11 is 5.84. The zero-order valence-electron chi connectivity index (χ0n) is 20.0. The van der Waals surface area contributed by atoms with Crippen LogP contribution in [0.1, 0.15) is 50.8 Å². The summed E-state index contributed by atoms with van der Waals surface area (Å²) in [6.45, 7) is 5.97. The van der Waals surface area contributed by atoms with Gasteiger partial charge in [0.2, 0.25) is 0 Å². The van der Waals surface area contributed by atoms with Crippen molar-refractivity contribution < 1.29 is 19.5 Å². The summed E-state index contributed by atoms with van der Waals surface area (Å²) in [6, 6.07) is 17.6. The highest BCUT2D eigenvalue weighted by atomic mass is 35.5. The van der Waals surface area contributed by atoms with Crippen LogP contribution in [0, 0.1) is 13.8 Å². The van der Waals surface area contributed by atoms with Crippen molar-refractivity contribution in [2.75, 3.05) is 5.32 Å². The van der Waals surface area contributed by atoms with Crippen LogP contribution in [0.3, 0.4) is 0 Å². The molecule has 0 aliphatic carbocycles. The smallest absolute Gasteiger partial charge is 0.326 e. The van der Waals surface area contributed by atoms with Gasteiger partial charge in [0.05, 0.1) is 6.04 Å². The first kappa shape index (κ1) is 26.0. The van der Waals surface area contributed by atoms with E-state index >= 15 is 0 Å². The monoisotopic (exact) mass is 492 g/mol. The Kier molecular flexibility index (Phi) is 8.66. The molecule has 1 unspecified atom stereocenters. The Balaban J connectivity index is 1.69. The van der Waals surface area contributed by atoms with Crippen LogP contribution in [0.4, 0.5) is 5.69 Å². The standard InChI is InChI=1S/C28H29ClN2O4/c1-4-23(30-25-17(2)6-5-7-18(25)3)26(32)20-10-8-19(9-11-20)16-24(28(34)35)31-27(33)21-12-14-22(29)15-13-21/h5-15,23-24,30H,4,16H2,1-3H3,(H,31,33)(H,34,35)/t23?,24-/m0/s1. The number of hydrogen-bond donors (Lipinski definition) is 3. The molecular formula is C28H29ClN2O4. The second-order valence-corrected chi connectivity index (χ2v) is 8.94. The maximum atomic E-state index is 13.1. The van der Waals surface area contributed by atoms with Crippen LogP contribution < -0.4 is 10.6 Å². The molecule has 0 saturated carbocycles. The molecule has 3 aromatic carbocycles. The maximum Gasteiger partial charge on any atom is 0.326 e. The van der Waals surface area contributed by atoms with Gasteiger partial charge in [-0.3, -0.25) is 9.59 Å². The summed E-state index contributed by atoms with van der Waals surface area (Å²) in [4.78, 5) is 37.3. The number of para-hydroxylation sites is 1. The van der Waals surface area contributed by atoms with Crippen LogP contribution in [0.2, 0.25) is 5.02 Å². The molecule has 0 aliphatic rings. The number of carboxylic acids is 1. The van der Waals surface area contributed by atoms with Crippen molar-refractivity contribution in [3.8, 4) is 0 Å². The van der Waals surface area contributed by atoms with Crippen molar-refractivity contribution in [1.82, 2.24) is 5.32 Å². The van der Waals surface area contributed by atoms with E-state index in [1.165, 1.54) is 12.1 Å². The van der Waals surface area contributed by atoms with Gasteiger partial charge in [-0.1, -0.05) is 61.0 Å². The van der Waals surface area contributed by atoms with Crippen LogP contribution in [0.15, 0.2) is 66.7 Å². The Labute approximate surface area is 210 Å². The number of ketones is 1. The predicted molar refractivity (Wildman–Crippen MR) is 138 cm³/mol. The van der Waals surface area contributed by atoms with E-state index in [4.69, 9.17) is 11.6 Å². The average molecular weight is 493 g/mol. The fourth-order valence-electron chi connectivity index (χ4n) is 3.85. The minimum absolute atomic E-state index is 0.0347. The molecule has 0 bridgehead atoms. The largest absolute Gasteiger partial charge is 0.480 e. The third-order valence-electron chi connectivity index (χ3n) is 5.91. The lowest BCUT2D eigenvalue weighted by molar-refractivity contribution is -0.139. The van der Waals surface area contributed by atoms with Gasteiger partial charge < -0.3 is 15.7 Å². The number of carbonyl (C=O) groups is 3. The Hall–Kier alpha value is -3.64. The second kappa shape index (κ2) is 11.7. The zero-order valence-corrected chi connectivity index (χ0v) is 20.7. The number of rotatable bonds is 10. The lowest BCUT2D eigenvalue weighted by Crippen LogP contribution is -2.42. The summed E-state index contributed by atoms with van der Waals surface area (Å²) in [6.07, 6.45) is 0.702. The average Bonchev–Trinajstić information content (AvgIpc) is 2.84. The van der Waals surface area contributed by atoms with Crippen molar-refractivity contribution in [1.29, 1.82) is 0 Å². The van der Waals surface area contributed by atoms with E-state index in [0.29, 0.717) is 28.1 Å². The number of Topliss-reactive ketones (excluding diaryl/α,β-unsaturated/α-hetero) is 1. The number of nitrogens with one attached hydrogen (secondary N) is 2. The van der Waals surface area contributed by atoms with Gasteiger partial charge in [-0.05, 0) is 61.2 Å². The molecule has 2 atom stereocenters. The van der Waals surface area contributed by atoms with Gasteiger partial charge in [-0.15, -0.1) is 0 Å². The van der Waals surface area contributed by atoms with Crippen LogP contribution in [-0.2, 0) is 11.2 Å². The van der Waals surface area contributed by atoms with Crippen LogP contribution in [0.25, 0.3) is 0 Å². The first-order chi connectivity index (χ1) is 16.7. The van der Waals surface area contributed by atoms with Crippen molar-refractivity contribution in [3.05, 3.63) is 99.6 Å². The summed E-state index contributed by atoms with van der Waals surface area (Å²) in [5.41, 5.74) is 4.67. The number of halogens is 1. The summed E-state index contributed by atoms with van der Waals surface area (Å²) in [7, 11) is 0. The van der Waals surface area contributed by atoms with Gasteiger partial charge in [-0.2, -0.15) is 0 Å². The topological polar surface area (TPSA) is 95.5 Å². The normalized spacial score (nSPS) is 12.5.